The third-order valence-electron chi connectivity index (χ3n) is 3.50. The summed E-state index contributed by atoms with van der Waals surface area (Å²) >= 11 is 0. The van der Waals surface area contributed by atoms with E-state index in [0.29, 0.717) is 4.57 Å². The Labute approximate surface area is 147 Å². The minimum absolute atomic E-state index is 0.207. The van der Waals surface area contributed by atoms with Crippen LogP contribution in [-0.4, -0.2) is 67.8 Å². The molecule has 5 atom stereocenters. The minimum Gasteiger partial charge on any atom is -0.462 e. The van der Waals surface area contributed by atoms with E-state index < -0.39 is 61.2 Å². The van der Waals surface area contributed by atoms with Gasteiger partial charge in [-0.2, -0.15) is 4.98 Å². The lowest BCUT2D eigenvalue weighted by Crippen LogP contribution is -2.39. The summed E-state index contributed by atoms with van der Waals surface area (Å²) in [7, 11) is 0. The van der Waals surface area contributed by atoms with Gasteiger partial charge in [0.15, 0.2) is 12.0 Å². The highest BCUT2D eigenvalue weighted by Crippen LogP contribution is 2.28. The average Bonchev–Trinajstić information content (AvgIpc) is 2.83. The molecule has 26 heavy (non-hydrogen) atoms. The van der Waals surface area contributed by atoms with Crippen molar-refractivity contribution in [1.82, 2.24) is 9.55 Å². The van der Waals surface area contributed by atoms with E-state index in [0.717, 1.165) is 12.3 Å². The summed E-state index contributed by atoms with van der Waals surface area (Å²) in [6, 6.07) is -0.201. The molecule has 0 bridgehead atoms. The number of ether oxygens (including phenoxy) is 2. The van der Waals surface area contributed by atoms with Gasteiger partial charge >= 0.3 is 11.7 Å². The number of aliphatic hydroxyl groups is 2. The smallest absolute Gasteiger partial charge is 0.351 e. The normalized spacial score (nSPS) is 29.7. The lowest BCUT2D eigenvalue weighted by molar-refractivity contribution is -0.152. The molecule has 1 aromatic heterocycles. The van der Waals surface area contributed by atoms with Crippen molar-refractivity contribution >= 4 is 17.7 Å². The van der Waals surface area contributed by atoms with Crippen molar-refractivity contribution in [3.63, 3.8) is 0 Å². The molecule has 1 amide bonds. The highest BCUT2D eigenvalue weighted by atomic mass is 16.6. The Bertz CT molecular complexity index is 775. The van der Waals surface area contributed by atoms with Crippen molar-refractivity contribution in [2.45, 2.75) is 37.0 Å². The Kier molecular flexibility index (Phi) is 5.75. The van der Waals surface area contributed by atoms with Crippen LogP contribution in [0, 0.1) is 0 Å². The maximum atomic E-state index is 12.0. The zero-order chi connectivity index (χ0) is 20.4. The molecular weight excluding hydrogens is 354 g/mol. The fourth-order valence-corrected chi connectivity index (χ4v) is 2.18. The first-order chi connectivity index (χ1) is 12.6. The number of esters is 1. The van der Waals surface area contributed by atoms with E-state index in [2.05, 4.69) is 4.98 Å². The standard InChI is InChI=1S/C13H19N5O8/c14-5(3-7(15)19)12(22)25-4-6-9(20)10(21)11(26-6)18-2-1-8(17-24)16-13(18)23/h1-2,5-6,9-11,20-21,24H,3-4,14H2,(H2,15,19)(H,16,17,23)/t5-,6+,9+,10+,11+/m0/s1/i11D. The van der Waals surface area contributed by atoms with Crippen molar-refractivity contribution in [2.24, 2.45) is 11.5 Å². The second-order valence-electron chi connectivity index (χ2n) is 5.41. The molecule has 0 spiro atoms. The molecule has 1 saturated heterocycles. The molecule has 0 radical (unpaired) electrons. The number of rotatable bonds is 7. The van der Waals surface area contributed by atoms with Gasteiger partial charge in [0.25, 0.3) is 0 Å². The van der Waals surface area contributed by atoms with Crippen LogP contribution >= 0.6 is 0 Å². The number of hydrogen-bond acceptors (Lipinski definition) is 11. The SMILES string of the molecule is [2H][C@@]1(n2ccc(NO)nc2=O)O[C@H](COC(=O)[C@@H](N)CC(N)=O)[C@@H](O)[C@H]1O. The van der Waals surface area contributed by atoms with Crippen molar-refractivity contribution in [1.29, 1.82) is 0 Å². The number of nitrogens with one attached hydrogen (secondary N) is 1. The molecule has 2 heterocycles. The van der Waals surface area contributed by atoms with Crippen LogP contribution in [0.5, 0.6) is 0 Å². The molecule has 0 saturated carbocycles. The Balaban J connectivity index is 2.12. The van der Waals surface area contributed by atoms with E-state index in [9.17, 15) is 24.6 Å². The number of carbonyl (C=O) groups is 2. The lowest BCUT2D eigenvalue weighted by atomic mass is 10.1. The Hall–Kier alpha value is -2.58. The number of nitrogens with zero attached hydrogens (tertiary/aromatic N) is 2. The van der Waals surface area contributed by atoms with Gasteiger partial charge in [0.05, 0.1) is 7.79 Å². The molecule has 1 aliphatic heterocycles. The second-order valence-corrected chi connectivity index (χ2v) is 5.41. The van der Waals surface area contributed by atoms with Gasteiger partial charge in [-0.15, -0.1) is 0 Å². The Morgan fingerprint density at radius 2 is 2.19 bits per heavy atom. The van der Waals surface area contributed by atoms with Gasteiger partial charge in [0, 0.05) is 6.20 Å². The molecular formula is C13H19N5O8. The number of primary amides is 1. The summed E-state index contributed by atoms with van der Waals surface area (Å²) in [5.74, 6) is -2.02. The summed E-state index contributed by atoms with van der Waals surface area (Å²) in [6.45, 7) is -0.609. The van der Waals surface area contributed by atoms with Crippen LogP contribution in [-0.2, 0) is 19.1 Å². The lowest BCUT2D eigenvalue weighted by Gasteiger charge is -2.17. The monoisotopic (exact) mass is 374 g/mol. The summed E-state index contributed by atoms with van der Waals surface area (Å²) < 4.78 is 18.8. The van der Waals surface area contributed by atoms with Crippen molar-refractivity contribution < 1.29 is 35.9 Å². The molecule has 0 aromatic carbocycles. The van der Waals surface area contributed by atoms with Crippen molar-refractivity contribution in [2.75, 3.05) is 12.1 Å². The summed E-state index contributed by atoms with van der Waals surface area (Å²) in [4.78, 5) is 37.8. The van der Waals surface area contributed by atoms with Gasteiger partial charge in [-0.25, -0.2) is 4.79 Å². The summed E-state index contributed by atoms with van der Waals surface area (Å²) in [6.07, 6.45) is -6.87. The number of nitrogens with two attached hydrogens (primary N) is 2. The predicted octanol–water partition coefficient (Wildman–Crippen LogP) is -3.59. The van der Waals surface area contributed by atoms with Gasteiger partial charge in [-0.1, -0.05) is 0 Å². The molecule has 1 aliphatic rings. The first kappa shape index (κ1) is 18.2. The number of anilines is 1. The van der Waals surface area contributed by atoms with Gasteiger partial charge < -0.3 is 31.2 Å². The predicted molar refractivity (Wildman–Crippen MR) is 82.6 cm³/mol. The largest absolute Gasteiger partial charge is 0.462 e. The highest BCUT2D eigenvalue weighted by Gasteiger charge is 2.44. The van der Waals surface area contributed by atoms with Gasteiger partial charge in [0.2, 0.25) is 5.91 Å². The Morgan fingerprint density at radius 1 is 1.50 bits per heavy atom. The molecule has 13 nitrogen and oxygen atoms in total. The quantitative estimate of drug-likeness (QED) is 0.203. The van der Waals surface area contributed by atoms with E-state index in [-0.39, 0.29) is 5.82 Å². The van der Waals surface area contributed by atoms with E-state index >= 15 is 0 Å². The fourth-order valence-electron chi connectivity index (χ4n) is 2.18. The van der Waals surface area contributed by atoms with E-state index in [1.807, 2.05) is 0 Å². The second kappa shape index (κ2) is 8.20. The number of carbonyl (C=O) groups excluding carboxylic acids is 2. The molecule has 0 aliphatic carbocycles. The van der Waals surface area contributed by atoms with Gasteiger partial charge in [0.1, 0.15) is 31.0 Å². The summed E-state index contributed by atoms with van der Waals surface area (Å²) in [5, 5.41) is 28.9. The third-order valence-corrected chi connectivity index (χ3v) is 3.50. The number of aliphatic hydroxyl groups excluding tert-OH is 2. The maximum absolute atomic E-state index is 12.0. The fraction of sp³-hybridized carbons (Fsp3) is 0.538. The van der Waals surface area contributed by atoms with Crippen LogP contribution in [0.2, 0.25) is 0 Å². The van der Waals surface area contributed by atoms with Crippen LogP contribution < -0.4 is 22.6 Å². The average molecular weight is 374 g/mol. The number of aromatic nitrogens is 2. The van der Waals surface area contributed by atoms with Crippen LogP contribution in [0.4, 0.5) is 5.82 Å². The zero-order valence-corrected chi connectivity index (χ0v) is 13.3. The van der Waals surface area contributed by atoms with Crippen LogP contribution in [0.15, 0.2) is 17.1 Å². The molecule has 1 fully saturated rings. The maximum Gasteiger partial charge on any atom is 0.351 e. The number of hydrogen-bond donors (Lipinski definition) is 6. The van der Waals surface area contributed by atoms with Gasteiger partial charge in [-0.3, -0.25) is 24.8 Å². The van der Waals surface area contributed by atoms with Crippen LogP contribution in [0.3, 0.4) is 0 Å². The van der Waals surface area contributed by atoms with E-state index in [4.69, 9.17) is 27.5 Å². The minimum atomic E-state index is -2.47. The van der Waals surface area contributed by atoms with E-state index in [1.54, 1.807) is 5.48 Å². The zero-order valence-electron chi connectivity index (χ0n) is 14.3. The molecule has 8 N–H and O–H groups in total. The number of amides is 1. The van der Waals surface area contributed by atoms with E-state index in [1.165, 1.54) is 0 Å². The molecule has 13 heteroatoms. The highest BCUT2D eigenvalue weighted by molar-refractivity contribution is 5.84. The van der Waals surface area contributed by atoms with Crippen molar-refractivity contribution in [3.05, 3.63) is 22.7 Å². The Morgan fingerprint density at radius 3 is 2.77 bits per heavy atom. The van der Waals surface area contributed by atoms with Crippen LogP contribution in [0.1, 0.15) is 14.0 Å². The molecule has 2 rings (SSSR count). The first-order valence-electron chi connectivity index (χ1n) is 7.85. The van der Waals surface area contributed by atoms with Crippen molar-refractivity contribution in [3.8, 4) is 0 Å². The third kappa shape index (κ3) is 4.33. The first-order valence-corrected chi connectivity index (χ1v) is 7.35. The van der Waals surface area contributed by atoms with Crippen LogP contribution in [0.25, 0.3) is 0 Å². The topological polar surface area (TPSA) is 212 Å². The molecule has 0 unspecified atom stereocenters. The summed E-state index contributed by atoms with van der Waals surface area (Å²) in [5.41, 5.74) is 10.9. The molecule has 1 aromatic rings. The molecule has 144 valence electrons. The van der Waals surface area contributed by atoms with Gasteiger partial charge in [-0.05, 0) is 6.07 Å².